The Labute approximate surface area is 183 Å². The van der Waals surface area contributed by atoms with Crippen molar-refractivity contribution in [2.24, 2.45) is 5.73 Å². The molecule has 32 heavy (non-hydrogen) atoms. The number of carbonyl (C=O) groups is 2. The Morgan fingerprint density at radius 3 is 2.00 bits per heavy atom. The summed E-state index contributed by atoms with van der Waals surface area (Å²) in [5, 5.41) is 12.5. The van der Waals surface area contributed by atoms with E-state index < -0.39 is 46.9 Å². The fourth-order valence-electron chi connectivity index (χ4n) is 3.40. The number of fused-ring (bicyclic) bond motifs is 2. The maximum absolute atomic E-state index is 12.6. The molecule has 2 heterocycles. The maximum atomic E-state index is 12.6. The number of amides is 1. The highest BCUT2D eigenvalue weighted by atomic mass is 32.2. The zero-order chi connectivity index (χ0) is 23.3. The molecule has 8 nitrogen and oxygen atoms in total. The summed E-state index contributed by atoms with van der Waals surface area (Å²) in [6.45, 7) is 0. The van der Waals surface area contributed by atoms with Crippen molar-refractivity contribution in [2.45, 2.75) is 9.79 Å². The van der Waals surface area contributed by atoms with Crippen LogP contribution in [0.3, 0.4) is 0 Å². The quantitative estimate of drug-likeness (QED) is 0.519. The molecule has 0 fully saturated rings. The van der Waals surface area contributed by atoms with Gasteiger partial charge in [-0.15, -0.1) is 0 Å². The van der Waals surface area contributed by atoms with Gasteiger partial charge in [-0.05, 0) is 48.1 Å². The number of hydrogen-bond acceptors (Lipinski definition) is 7. The van der Waals surface area contributed by atoms with E-state index in [1.807, 2.05) is 0 Å². The van der Waals surface area contributed by atoms with Crippen molar-refractivity contribution in [2.75, 3.05) is 0 Å². The maximum Gasteiger partial charge on any atom is 0.248 e. The lowest BCUT2D eigenvalue weighted by atomic mass is 10.1. The van der Waals surface area contributed by atoms with Gasteiger partial charge in [0.25, 0.3) is 0 Å². The predicted octanol–water partition coefficient (Wildman–Crippen LogP) is 1.02. The molecule has 10 heteroatoms. The van der Waals surface area contributed by atoms with Crippen LogP contribution < -0.4 is 10.8 Å². The molecule has 0 unspecified atom stereocenters. The van der Waals surface area contributed by atoms with Gasteiger partial charge in [0.15, 0.2) is 0 Å². The zero-order valence-corrected chi connectivity index (χ0v) is 17.8. The highest BCUT2D eigenvalue weighted by molar-refractivity contribution is 7.97. The Morgan fingerprint density at radius 2 is 1.44 bits per heavy atom. The van der Waals surface area contributed by atoms with Gasteiger partial charge in [-0.3, -0.25) is 9.59 Å². The van der Waals surface area contributed by atoms with Crippen LogP contribution in [-0.2, 0) is 24.5 Å². The average Bonchev–Trinajstić information content (AvgIpc) is 3.07. The number of rotatable bonds is 4. The summed E-state index contributed by atoms with van der Waals surface area (Å²) in [5.41, 5.74) is 5.04. The Balaban J connectivity index is 1.74. The van der Waals surface area contributed by atoms with E-state index in [2.05, 4.69) is 0 Å². The average molecular weight is 468 g/mol. The molecule has 4 rings (SSSR count). The van der Waals surface area contributed by atoms with Gasteiger partial charge >= 0.3 is 0 Å². The zero-order valence-electron chi connectivity index (χ0n) is 16.2. The minimum absolute atomic E-state index is 0.0132. The molecule has 162 valence electrons. The number of hydrogen-bond donors (Lipinski definition) is 1. The number of sulfone groups is 2. The van der Waals surface area contributed by atoms with E-state index in [0.717, 1.165) is 24.3 Å². The number of ketones is 1. The van der Waals surface area contributed by atoms with E-state index in [1.54, 1.807) is 0 Å². The van der Waals surface area contributed by atoms with Crippen LogP contribution in [-0.4, -0.2) is 28.5 Å². The molecule has 0 aliphatic carbocycles. The van der Waals surface area contributed by atoms with Gasteiger partial charge in [0.1, 0.15) is 4.91 Å². The Morgan fingerprint density at radius 1 is 0.875 bits per heavy atom. The van der Waals surface area contributed by atoms with E-state index in [-0.39, 0.29) is 26.5 Å². The van der Waals surface area contributed by atoms with Crippen LogP contribution in [0.15, 0.2) is 98.0 Å². The first-order valence-corrected chi connectivity index (χ1v) is 12.1. The summed E-state index contributed by atoms with van der Waals surface area (Å²) in [6.07, 6.45) is 3.86. The second kappa shape index (κ2) is 7.43. The van der Waals surface area contributed by atoms with Gasteiger partial charge in [-0.2, -0.15) is 0 Å². The summed E-state index contributed by atoms with van der Waals surface area (Å²) in [6, 6.07) is 11.4. The van der Waals surface area contributed by atoms with Crippen molar-refractivity contribution < 1.29 is 31.5 Å². The molecule has 0 radical (unpaired) electrons. The lowest BCUT2D eigenvalue weighted by Crippen LogP contribution is -2.13. The summed E-state index contributed by atoms with van der Waals surface area (Å²) in [4.78, 5) is 22.9. The monoisotopic (exact) mass is 468 g/mol. The molecule has 2 aromatic carbocycles. The third-order valence-electron chi connectivity index (χ3n) is 4.98. The third kappa shape index (κ3) is 3.20. The molecule has 1 amide bonds. The molecule has 0 saturated heterocycles. The van der Waals surface area contributed by atoms with Gasteiger partial charge < -0.3 is 10.8 Å². The Bertz CT molecular complexity index is 1540. The second-order valence-electron chi connectivity index (χ2n) is 6.87. The highest BCUT2D eigenvalue weighted by Gasteiger charge is 2.38. The minimum Gasteiger partial charge on any atom is -0.871 e. The number of Topliss-reactive ketones (excluding diaryl/α,β-unsaturated/α-hetero) is 1. The minimum atomic E-state index is -4.08. The molecule has 0 spiro atoms. The fraction of sp³-hybridized carbons (Fsp3) is 0. The summed E-state index contributed by atoms with van der Waals surface area (Å²) in [7, 11) is -8.15. The van der Waals surface area contributed by atoms with Crippen molar-refractivity contribution in [1.82, 2.24) is 0 Å². The molecule has 0 aromatic heterocycles. The van der Waals surface area contributed by atoms with Gasteiger partial charge in [0.2, 0.25) is 31.4 Å². The van der Waals surface area contributed by atoms with Crippen LogP contribution in [0.2, 0.25) is 0 Å². The van der Waals surface area contributed by atoms with Gasteiger partial charge in [0, 0.05) is 11.1 Å². The Hall–Kier alpha value is -3.76. The van der Waals surface area contributed by atoms with E-state index in [4.69, 9.17) is 5.73 Å². The lowest BCUT2D eigenvalue weighted by molar-refractivity contribution is -0.244. The number of carbonyl (C=O) groups excluding carboxylic acids is 2. The van der Waals surface area contributed by atoms with Crippen molar-refractivity contribution in [3.05, 3.63) is 99.3 Å². The third-order valence-corrected chi connectivity index (χ3v) is 8.65. The highest BCUT2D eigenvalue weighted by Crippen LogP contribution is 2.37. The van der Waals surface area contributed by atoms with E-state index in [1.165, 1.54) is 48.5 Å². The molecule has 0 saturated carbocycles. The van der Waals surface area contributed by atoms with Crippen molar-refractivity contribution >= 4 is 37.1 Å². The normalized spacial score (nSPS) is 20.1. The van der Waals surface area contributed by atoms with Gasteiger partial charge in [-0.25, -0.2) is 16.8 Å². The SMILES string of the molecule is NC(=O)C(C=CC1=C([O-])c2ccccc2S1(=O)=O)=CC=C1C(=O)c2ccccc2S1(=O)=O. The number of nitrogens with two attached hydrogens (primary N) is 1. The van der Waals surface area contributed by atoms with Gasteiger partial charge in [-0.1, -0.05) is 36.1 Å². The smallest absolute Gasteiger partial charge is 0.248 e. The summed E-state index contributed by atoms with van der Waals surface area (Å²) < 4.78 is 50.5. The molecule has 2 aliphatic heterocycles. The topological polar surface area (TPSA) is 151 Å². The molecule has 0 bridgehead atoms. The number of allylic oxidation sites excluding steroid dienone is 4. The van der Waals surface area contributed by atoms with Crippen LogP contribution in [0.25, 0.3) is 5.76 Å². The summed E-state index contributed by atoms with van der Waals surface area (Å²) >= 11 is 0. The van der Waals surface area contributed by atoms with Crippen LogP contribution in [0.1, 0.15) is 15.9 Å². The van der Waals surface area contributed by atoms with Crippen molar-refractivity contribution in [3.63, 3.8) is 0 Å². The molecule has 2 aliphatic rings. The Kier molecular flexibility index (Phi) is 4.99. The molecule has 0 atom stereocenters. The van der Waals surface area contributed by atoms with Crippen molar-refractivity contribution in [3.8, 4) is 0 Å². The predicted molar refractivity (Wildman–Crippen MR) is 113 cm³/mol. The van der Waals surface area contributed by atoms with Gasteiger partial charge in [0.05, 0.1) is 14.7 Å². The lowest BCUT2D eigenvalue weighted by Gasteiger charge is -2.07. The number of primary amides is 1. The number of benzene rings is 2. The first-order chi connectivity index (χ1) is 15.1. The molecular weight excluding hydrogens is 454 g/mol. The van der Waals surface area contributed by atoms with E-state index in [0.29, 0.717) is 0 Å². The molecule has 2 aromatic rings. The van der Waals surface area contributed by atoms with Crippen LogP contribution >= 0.6 is 0 Å². The second-order valence-corrected chi connectivity index (χ2v) is 10.6. The van der Waals surface area contributed by atoms with E-state index >= 15 is 0 Å². The largest absolute Gasteiger partial charge is 0.871 e. The molecular formula is C22H14NO7S2-. The fourth-order valence-corrected chi connectivity index (χ4v) is 6.50. The van der Waals surface area contributed by atoms with Crippen LogP contribution in [0, 0.1) is 0 Å². The van der Waals surface area contributed by atoms with Crippen LogP contribution in [0.4, 0.5) is 0 Å². The summed E-state index contributed by atoms with van der Waals surface area (Å²) in [5.74, 6) is -2.48. The molecule has 2 N–H and O–H groups in total. The first-order valence-electron chi connectivity index (χ1n) is 9.11. The van der Waals surface area contributed by atoms with E-state index in [9.17, 15) is 31.5 Å². The van der Waals surface area contributed by atoms with Crippen molar-refractivity contribution in [1.29, 1.82) is 0 Å². The first kappa shape index (κ1) is 21.5. The standard InChI is InChI=1S/C22H15NO7S2/c23-22(26)13(9-11-18-20(24)14-5-1-3-7-16(14)31(18,27)28)10-12-19-21(25)15-6-2-4-8-17(15)32(19,29)30/h1-12,24H,(H2,23,26)/p-1. The van der Waals surface area contributed by atoms with Crippen LogP contribution in [0.5, 0.6) is 0 Å².